The molecule has 0 spiro atoms. The van der Waals surface area contributed by atoms with Crippen LogP contribution in [0.2, 0.25) is 0 Å². The van der Waals surface area contributed by atoms with E-state index in [0.29, 0.717) is 11.3 Å². The van der Waals surface area contributed by atoms with Gasteiger partial charge >= 0.3 is 0 Å². The van der Waals surface area contributed by atoms with Crippen molar-refractivity contribution in [2.45, 2.75) is 33.2 Å². The number of nitrogens with two attached hydrogens (primary N) is 1. The number of ether oxygens (including phenoxy) is 2. The fourth-order valence-corrected chi connectivity index (χ4v) is 2.69. The Labute approximate surface area is 109 Å². The van der Waals surface area contributed by atoms with Gasteiger partial charge in [-0.25, -0.2) is 0 Å². The molecule has 0 bridgehead atoms. The van der Waals surface area contributed by atoms with Crippen LogP contribution in [0.1, 0.15) is 37.4 Å². The van der Waals surface area contributed by atoms with Gasteiger partial charge in [-0.05, 0) is 47.9 Å². The van der Waals surface area contributed by atoms with Gasteiger partial charge in [0, 0.05) is 6.04 Å². The molecule has 1 aromatic carbocycles. The summed E-state index contributed by atoms with van der Waals surface area (Å²) in [6.07, 6.45) is 1.20. The lowest BCUT2D eigenvalue weighted by molar-refractivity contribution is 0.353. The zero-order valence-electron chi connectivity index (χ0n) is 11.9. The maximum absolute atomic E-state index is 6.40. The highest BCUT2D eigenvalue weighted by Gasteiger charge is 2.49. The van der Waals surface area contributed by atoms with Crippen molar-refractivity contribution < 1.29 is 9.47 Å². The highest BCUT2D eigenvalue weighted by molar-refractivity contribution is 5.48. The van der Waals surface area contributed by atoms with Crippen molar-refractivity contribution >= 4 is 0 Å². The number of hydrogen-bond acceptors (Lipinski definition) is 3. The summed E-state index contributed by atoms with van der Waals surface area (Å²) in [4.78, 5) is 0. The zero-order chi connectivity index (χ0) is 13.5. The molecule has 2 N–H and O–H groups in total. The summed E-state index contributed by atoms with van der Waals surface area (Å²) in [5, 5.41) is 0. The summed E-state index contributed by atoms with van der Waals surface area (Å²) in [7, 11) is 3.31. The molecule has 18 heavy (non-hydrogen) atoms. The van der Waals surface area contributed by atoms with E-state index in [0.717, 1.165) is 11.5 Å². The summed E-state index contributed by atoms with van der Waals surface area (Å²) in [5.74, 6) is 2.09. The van der Waals surface area contributed by atoms with Gasteiger partial charge in [0.15, 0.2) is 11.5 Å². The van der Waals surface area contributed by atoms with Crippen molar-refractivity contribution in [2.24, 2.45) is 17.1 Å². The molecule has 3 heteroatoms. The van der Waals surface area contributed by atoms with Crippen LogP contribution >= 0.6 is 0 Å². The van der Waals surface area contributed by atoms with Crippen LogP contribution < -0.4 is 15.2 Å². The van der Waals surface area contributed by atoms with Gasteiger partial charge in [-0.3, -0.25) is 0 Å². The molecular weight excluding hydrogens is 226 g/mol. The van der Waals surface area contributed by atoms with Crippen LogP contribution in [0.4, 0.5) is 0 Å². The standard InChI is InChI=1S/C15H23NO2/c1-9-6-12(17-4)13(18-5)7-10(9)14(16)11-8-15(11,2)3/h6-7,11,14H,8,16H2,1-5H3. The molecule has 100 valence electrons. The fraction of sp³-hybridized carbons (Fsp3) is 0.600. The second-order valence-electron chi connectivity index (χ2n) is 5.89. The topological polar surface area (TPSA) is 44.5 Å². The zero-order valence-corrected chi connectivity index (χ0v) is 11.9. The minimum absolute atomic E-state index is 0.0832. The average molecular weight is 249 g/mol. The third-order valence-corrected chi connectivity index (χ3v) is 4.15. The van der Waals surface area contributed by atoms with Crippen LogP contribution in [0, 0.1) is 18.3 Å². The van der Waals surface area contributed by atoms with E-state index in [1.54, 1.807) is 14.2 Å². The number of hydrogen-bond donors (Lipinski definition) is 1. The summed E-state index contributed by atoms with van der Waals surface area (Å²) < 4.78 is 10.7. The smallest absolute Gasteiger partial charge is 0.161 e. The molecule has 0 saturated heterocycles. The summed E-state index contributed by atoms with van der Waals surface area (Å²) >= 11 is 0. The Bertz CT molecular complexity index is 454. The first-order chi connectivity index (χ1) is 8.40. The van der Waals surface area contributed by atoms with Crippen molar-refractivity contribution in [1.82, 2.24) is 0 Å². The minimum atomic E-state index is 0.0832. The van der Waals surface area contributed by atoms with E-state index in [4.69, 9.17) is 15.2 Å². The minimum Gasteiger partial charge on any atom is -0.493 e. The first-order valence-corrected chi connectivity index (χ1v) is 6.39. The molecule has 1 aliphatic rings. The van der Waals surface area contributed by atoms with Crippen molar-refractivity contribution in [2.75, 3.05) is 14.2 Å². The Morgan fingerprint density at radius 1 is 1.22 bits per heavy atom. The normalized spacial score (nSPS) is 22.4. The van der Waals surface area contributed by atoms with E-state index >= 15 is 0 Å². The quantitative estimate of drug-likeness (QED) is 0.892. The first kappa shape index (κ1) is 13.2. The van der Waals surface area contributed by atoms with Crippen LogP contribution in [-0.4, -0.2) is 14.2 Å². The van der Waals surface area contributed by atoms with E-state index in [1.807, 2.05) is 12.1 Å². The Hall–Kier alpha value is -1.22. The van der Waals surface area contributed by atoms with Gasteiger partial charge in [-0.1, -0.05) is 13.8 Å². The molecule has 1 saturated carbocycles. The summed E-state index contributed by atoms with van der Waals surface area (Å²) in [6, 6.07) is 4.11. The van der Waals surface area contributed by atoms with Gasteiger partial charge in [-0.15, -0.1) is 0 Å². The molecule has 3 nitrogen and oxygen atoms in total. The van der Waals surface area contributed by atoms with Crippen LogP contribution in [0.5, 0.6) is 11.5 Å². The lowest BCUT2D eigenvalue weighted by Gasteiger charge is -2.19. The second-order valence-corrected chi connectivity index (χ2v) is 5.89. The Morgan fingerprint density at radius 2 is 1.72 bits per heavy atom. The predicted molar refractivity (Wildman–Crippen MR) is 73.1 cm³/mol. The predicted octanol–water partition coefficient (Wildman–Crippen LogP) is 3.06. The molecule has 0 aromatic heterocycles. The lowest BCUT2D eigenvalue weighted by Crippen LogP contribution is -2.17. The van der Waals surface area contributed by atoms with E-state index < -0.39 is 0 Å². The van der Waals surface area contributed by atoms with E-state index in [-0.39, 0.29) is 6.04 Å². The van der Waals surface area contributed by atoms with Gasteiger partial charge in [0.25, 0.3) is 0 Å². The molecule has 1 aliphatic carbocycles. The molecule has 0 aliphatic heterocycles. The maximum Gasteiger partial charge on any atom is 0.161 e. The molecular formula is C15H23NO2. The molecule has 2 unspecified atom stereocenters. The highest BCUT2D eigenvalue weighted by atomic mass is 16.5. The van der Waals surface area contributed by atoms with Crippen LogP contribution in [-0.2, 0) is 0 Å². The molecule has 1 fully saturated rings. The van der Waals surface area contributed by atoms with Gasteiger partial charge in [0.1, 0.15) is 0 Å². The third kappa shape index (κ3) is 2.19. The Kier molecular flexibility index (Phi) is 3.28. The molecule has 1 aromatic rings. The van der Waals surface area contributed by atoms with E-state index in [2.05, 4.69) is 20.8 Å². The van der Waals surface area contributed by atoms with Crippen molar-refractivity contribution in [3.05, 3.63) is 23.3 Å². The lowest BCUT2D eigenvalue weighted by atomic mass is 9.94. The van der Waals surface area contributed by atoms with Crippen molar-refractivity contribution in [3.63, 3.8) is 0 Å². The van der Waals surface area contributed by atoms with E-state index in [1.165, 1.54) is 17.5 Å². The van der Waals surface area contributed by atoms with Gasteiger partial charge in [0.05, 0.1) is 14.2 Å². The average Bonchev–Trinajstić information content (AvgIpc) is 2.97. The Morgan fingerprint density at radius 3 is 2.17 bits per heavy atom. The molecule has 0 heterocycles. The third-order valence-electron chi connectivity index (χ3n) is 4.15. The summed E-state index contributed by atoms with van der Waals surface area (Å²) in [6.45, 7) is 6.62. The fourth-order valence-electron chi connectivity index (χ4n) is 2.69. The van der Waals surface area contributed by atoms with Crippen LogP contribution in [0.3, 0.4) is 0 Å². The number of benzene rings is 1. The van der Waals surface area contributed by atoms with Crippen LogP contribution in [0.25, 0.3) is 0 Å². The van der Waals surface area contributed by atoms with Gasteiger partial charge < -0.3 is 15.2 Å². The van der Waals surface area contributed by atoms with E-state index in [9.17, 15) is 0 Å². The summed E-state index contributed by atoms with van der Waals surface area (Å²) in [5.41, 5.74) is 9.11. The molecule has 2 rings (SSSR count). The Balaban J connectivity index is 2.33. The number of rotatable bonds is 4. The van der Waals surface area contributed by atoms with Crippen LogP contribution in [0.15, 0.2) is 12.1 Å². The van der Waals surface area contributed by atoms with Gasteiger partial charge in [-0.2, -0.15) is 0 Å². The SMILES string of the molecule is COc1cc(C)c(C(N)C2CC2(C)C)cc1OC. The molecule has 0 radical (unpaired) electrons. The second kappa shape index (κ2) is 4.47. The van der Waals surface area contributed by atoms with Crippen molar-refractivity contribution in [1.29, 1.82) is 0 Å². The number of methoxy groups -OCH3 is 2. The highest BCUT2D eigenvalue weighted by Crippen LogP contribution is 2.57. The van der Waals surface area contributed by atoms with Gasteiger partial charge in [0.2, 0.25) is 0 Å². The largest absolute Gasteiger partial charge is 0.493 e. The molecule has 2 atom stereocenters. The van der Waals surface area contributed by atoms with Crippen molar-refractivity contribution in [3.8, 4) is 11.5 Å². The monoisotopic (exact) mass is 249 g/mol. The first-order valence-electron chi connectivity index (χ1n) is 6.39. The molecule has 0 amide bonds. The maximum atomic E-state index is 6.40. The number of aryl methyl sites for hydroxylation is 1.